The SMILES string of the molecule is C[Si](C)(C)C#Cc1cc2c(ccc3c2ccc2c4ccc5occc5c4ccc32)o1. The lowest BCUT2D eigenvalue weighted by atomic mass is 9.95. The molecule has 2 nitrogen and oxygen atoms in total. The van der Waals surface area contributed by atoms with E-state index in [0.29, 0.717) is 0 Å². The highest BCUT2D eigenvalue weighted by Crippen LogP contribution is 2.37. The summed E-state index contributed by atoms with van der Waals surface area (Å²) >= 11 is 0. The fourth-order valence-electron chi connectivity index (χ4n) is 4.32. The zero-order chi connectivity index (χ0) is 20.5. The first-order chi connectivity index (χ1) is 14.5. The summed E-state index contributed by atoms with van der Waals surface area (Å²) in [5.41, 5.74) is 5.21. The minimum Gasteiger partial charge on any atom is -0.464 e. The van der Waals surface area contributed by atoms with Crippen LogP contribution >= 0.6 is 0 Å². The summed E-state index contributed by atoms with van der Waals surface area (Å²) in [6.45, 7) is 6.73. The highest BCUT2D eigenvalue weighted by Gasteiger charge is 2.12. The Morgan fingerprint density at radius 2 is 1.13 bits per heavy atom. The Morgan fingerprint density at radius 3 is 1.77 bits per heavy atom. The first-order valence-corrected chi connectivity index (χ1v) is 13.7. The Hall–Kier alpha value is -3.48. The van der Waals surface area contributed by atoms with Crippen molar-refractivity contribution in [3.63, 3.8) is 0 Å². The van der Waals surface area contributed by atoms with Crippen molar-refractivity contribution in [2.75, 3.05) is 0 Å². The number of hydrogen-bond donors (Lipinski definition) is 0. The molecule has 0 amide bonds. The average Bonchev–Trinajstić information content (AvgIpc) is 3.37. The lowest BCUT2D eigenvalue weighted by Crippen LogP contribution is -2.16. The Labute approximate surface area is 175 Å². The molecule has 0 fully saturated rings. The van der Waals surface area contributed by atoms with E-state index in [-0.39, 0.29) is 0 Å². The maximum absolute atomic E-state index is 6.03. The molecule has 4 aromatic carbocycles. The fourth-order valence-corrected chi connectivity index (χ4v) is 4.82. The van der Waals surface area contributed by atoms with Gasteiger partial charge in [-0.05, 0) is 56.4 Å². The minimum atomic E-state index is -1.45. The second-order valence-electron chi connectivity index (χ2n) is 8.90. The Bertz CT molecular complexity index is 1680. The molecule has 0 saturated carbocycles. The second-order valence-corrected chi connectivity index (χ2v) is 13.7. The summed E-state index contributed by atoms with van der Waals surface area (Å²) in [7, 11) is -1.45. The largest absolute Gasteiger partial charge is 0.464 e. The summed E-state index contributed by atoms with van der Waals surface area (Å²) in [6, 6.07) is 21.5. The summed E-state index contributed by atoms with van der Waals surface area (Å²) in [4.78, 5) is 0. The molecule has 6 aromatic rings. The van der Waals surface area contributed by atoms with Gasteiger partial charge < -0.3 is 8.83 Å². The summed E-state index contributed by atoms with van der Waals surface area (Å²) < 4.78 is 11.6. The van der Waals surface area contributed by atoms with Crippen LogP contribution in [0.25, 0.3) is 54.3 Å². The van der Waals surface area contributed by atoms with Crippen LogP contribution in [0.3, 0.4) is 0 Å². The molecular formula is C27H20O2Si. The third-order valence-corrected chi connectivity index (χ3v) is 6.56. The maximum atomic E-state index is 6.03. The number of fused-ring (bicyclic) bond motifs is 9. The van der Waals surface area contributed by atoms with Gasteiger partial charge in [-0.1, -0.05) is 56.0 Å². The highest BCUT2D eigenvalue weighted by atomic mass is 28.3. The Balaban J connectivity index is 1.64. The molecule has 0 spiro atoms. The standard InChI is InChI=1S/C27H20O2Si/c1-30(2,3)15-13-17-16-25-23-7-5-18-19(21(23)9-11-27(25)29-17)4-6-22-20(18)8-10-26-24(22)12-14-28-26/h4-12,14,16H,1-3H3. The van der Waals surface area contributed by atoms with E-state index in [9.17, 15) is 0 Å². The van der Waals surface area contributed by atoms with Gasteiger partial charge in [-0.3, -0.25) is 0 Å². The molecule has 0 aliphatic carbocycles. The van der Waals surface area contributed by atoms with E-state index in [1.807, 2.05) is 6.07 Å². The van der Waals surface area contributed by atoms with Gasteiger partial charge in [0.15, 0.2) is 5.76 Å². The van der Waals surface area contributed by atoms with E-state index < -0.39 is 8.07 Å². The van der Waals surface area contributed by atoms with Gasteiger partial charge in [-0.2, -0.15) is 0 Å². The van der Waals surface area contributed by atoms with Crippen LogP contribution in [-0.4, -0.2) is 8.07 Å². The van der Waals surface area contributed by atoms with E-state index in [1.165, 1.54) is 32.3 Å². The molecular weight excluding hydrogens is 384 g/mol. The van der Waals surface area contributed by atoms with E-state index in [0.717, 1.165) is 27.7 Å². The molecule has 0 radical (unpaired) electrons. The van der Waals surface area contributed by atoms with Crippen molar-refractivity contribution in [3.05, 3.63) is 72.7 Å². The molecule has 0 atom stereocenters. The molecule has 30 heavy (non-hydrogen) atoms. The zero-order valence-electron chi connectivity index (χ0n) is 17.2. The monoisotopic (exact) mass is 404 g/mol. The van der Waals surface area contributed by atoms with Crippen molar-refractivity contribution < 1.29 is 8.83 Å². The lowest BCUT2D eigenvalue weighted by Gasteiger charge is -2.08. The van der Waals surface area contributed by atoms with Crippen molar-refractivity contribution in [2.45, 2.75) is 19.6 Å². The van der Waals surface area contributed by atoms with Crippen molar-refractivity contribution in [1.29, 1.82) is 0 Å². The van der Waals surface area contributed by atoms with Crippen LogP contribution < -0.4 is 0 Å². The van der Waals surface area contributed by atoms with E-state index in [2.05, 4.69) is 85.7 Å². The topological polar surface area (TPSA) is 26.3 Å². The fraction of sp³-hybridized carbons (Fsp3) is 0.111. The highest BCUT2D eigenvalue weighted by molar-refractivity contribution is 6.83. The van der Waals surface area contributed by atoms with Crippen LogP contribution in [0.15, 0.2) is 75.8 Å². The Kier molecular flexibility index (Phi) is 3.48. The molecule has 2 aromatic heterocycles. The molecule has 0 aliphatic heterocycles. The van der Waals surface area contributed by atoms with Crippen molar-refractivity contribution in [1.82, 2.24) is 0 Å². The van der Waals surface area contributed by atoms with Crippen LogP contribution in [0.4, 0.5) is 0 Å². The van der Waals surface area contributed by atoms with Gasteiger partial charge >= 0.3 is 0 Å². The molecule has 0 bridgehead atoms. The number of benzene rings is 4. The molecule has 144 valence electrons. The van der Waals surface area contributed by atoms with Gasteiger partial charge in [0.05, 0.1) is 6.26 Å². The van der Waals surface area contributed by atoms with Crippen LogP contribution in [0.5, 0.6) is 0 Å². The minimum absolute atomic E-state index is 0.751. The van der Waals surface area contributed by atoms with Gasteiger partial charge in [0.25, 0.3) is 0 Å². The van der Waals surface area contributed by atoms with Gasteiger partial charge in [0.1, 0.15) is 19.2 Å². The zero-order valence-corrected chi connectivity index (χ0v) is 18.2. The molecule has 2 heterocycles. The Morgan fingerprint density at radius 1 is 0.600 bits per heavy atom. The summed E-state index contributed by atoms with van der Waals surface area (Å²) in [6.07, 6.45) is 1.76. The first-order valence-electron chi connectivity index (χ1n) is 10.2. The first kappa shape index (κ1) is 17.4. The summed E-state index contributed by atoms with van der Waals surface area (Å²) in [5.74, 6) is 4.00. The molecule has 0 saturated heterocycles. The average molecular weight is 405 g/mol. The normalized spacial score (nSPS) is 12.2. The van der Waals surface area contributed by atoms with Crippen LogP contribution in [0, 0.1) is 11.5 Å². The second kappa shape index (κ2) is 6.01. The molecule has 0 unspecified atom stereocenters. The molecule has 3 heteroatoms. The third-order valence-electron chi connectivity index (χ3n) is 5.68. The van der Waals surface area contributed by atoms with Gasteiger partial charge in [0.2, 0.25) is 0 Å². The predicted octanol–water partition coefficient (Wildman–Crippen LogP) is 7.87. The van der Waals surface area contributed by atoms with Crippen molar-refractivity contribution in [3.8, 4) is 11.5 Å². The smallest absolute Gasteiger partial charge is 0.177 e. The van der Waals surface area contributed by atoms with Gasteiger partial charge in [-0.25, -0.2) is 0 Å². The van der Waals surface area contributed by atoms with Crippen molar-refractivity contribution in [2.24, 2.45) is 0 Å². The van der Waals surface area contributed by atoms with Crippen LogP contribution in [0.1, 0.15) is 5.76 Å². The van der Waals surface area contributed by atoms with Crippen LogP contribution in [-0.2, 0) is 0 Å². The van der Waals surface area contributed by atoms with E-state index in [1.54, 1.807) is 6.26 Å². The van der Waals surface area contributed by atoms with E-state index in [4.69, 9.17) is 8.83 Å². The van der Waals surface area contributed by atoms with Gasteiger partial charge in [0, 0.05) is 16.8 Å². The molecule has 0 N–H and O–H groups in total. The molecule has 0 aliphatic rings. The number of furan rings is 2. The van der Waals surface area contributed by atoms with Crippen LogP contribution in [0.2, 0.25) is 19.6 Å². The summed E-state index contributed by atoms with van der Waals surface area (Å²) in [5, 5.41) is 9.70. The molecule has 6 rings (SSSR count). The third kappa shape index (κ3) is 2.58. The van der Waals surface area contributed by atoms with E-state index >= 15 is 0 Å². The lowest BCUT2D eigenvalue weighted by molar-refractivity contribution is 0.601. The van der Waals surface area contributed by atoms with Gasteiger partial charge in [-0.15, -0.1) is 5.54 Å². The quantitative estimate of drug-likeness (QED) is 0.146. The predicted molar refractivity (Wildman–Crippen MR) is 129 cm³/mol. The number of rotatable bonds is 0. The maximum Gasteiger partial charge on any atom is 0.177 e. The number of hydrogen-bond acceptors (Lipinski definition) is 2. The van der Waals surface area contributed by atoms with Crippen molar-refractivity contribution >= 4 is 62.3 Å².